The number of carbonyl (C=O) groups is 2. The van der Waals surface area contributed by atoms with E-state index in [2.05, 4.69) is 25.4 Å². The van der Waals surface area contributed by atoms with Crippen molar-refractivity contribution in [3.05, 3.63) is 72.9 Å². The summed E-state index contributed by atoms with van der Waals surface area (Å²) in [6.45, 7) is 13.6. The molecule has 8 nitrogen and oxygen atoms in total. The van der Waals surface area contributed by atoms with Crippen molar-refractivity contribution in [1.29, 1.82) is 0 Å². The molecular weight excluding hydrogens is 544 g/mol. The predicted octanol–water partition coefficient (Wildman–Crippen LogP) is 4.77. The molecule has 238 valence electrons. The molecule has 0 bridgehead atoms. The van der Waals surface area contributed by atoms with Crippen LogP contribution in [0.15, 0.2) is 67.3 Å². The first-order valence-corrected chi connectivity index (χ1v) is 15.8. The molecule has 0 aliphatic carbocycles. The molecule has 0 unspecified atom stereocenters. The van der Waals surface area contributed by atoms with Gasteiger partial charge in [0.15, 0.2) is 0 Å². The number of aliphatic hydroxyl groups excluding tert-OH is 1. The van der Waals surface area contributed by atoms with Gasteiger partial charge in [0.25, 0.3) is 0 Å². The van der Waals surface area contributed by atoms with Crippen LogP contribution in [0.25, 0.3) is 0 Å². The summed E-state index contributed by atoms with van der Waals surface area (Å²) in [5.41, 5.74) is 1.96. The van der Waals surface area contributed by atoms with Gasteiger partial charge in [-0.3, -0.25) is 9.59 Å². The summed E-state index contributed by atoms with van der Waals surface area (Å²) in [4.78, 5) is 29.0. The Labute approximate surface area is 258 Å². The minimum absolute atomic E-state index is 0.0455. The van der Waals surface area contributed by atoms with E-state index in [4.69, 9.17) is 14.2 Å². The molecule has 0 radical (unpaired) electrons. The zero-order valence-corrected chi connectivity index (χ0v) is 26.1. The number of carbonyl (C=O) groups excluding carboxylic acids is 2. The van der Waals surface area contributed by atoms with E-state index in [0.29, 0.717) is 52.2 Å². The molecule has 2 amide bonds. The molecule has 2 aliphatic rings. The van der Waals surface area contributed by atoms with E-state index >= 15 is 0 Å². The number of hydrogen-bond acceptors (Lipinski definition) is 6. The Hall–Kier alpha value is -2.78. The summed E-state index contributed by atoms with van der Waals surface area (Å²) in [5.74, 6) is 0.0422. The molecule has 0 saturated carbocycles. The van der Waals surface area contributed by atoms with Gasteiger partial charge in [-0.1, -0.05) is 55.5 Å². The van der Waals surface area contributed by atoms with E-state index in [9.17, 15) is 14.7 Å². The summed E-state index contributed by atoms with van der Waals surface area (Å²) in [7, 11) is 0. The summed E-state index contributed by atoms with van der Waals surface area (Å²) >= 11 is 0. The molecule has 2 heterocycles. The first-order valence-electron chi connectivity index (χ1n) is 15.8. The number of amides is 2. The third-order valence-electron chi connectivity index (χ3n) is 8.44. The number of nitrogens with one attached hydrogen (secondary N) is 1. The number of piperidine rings is 1. The second-order valence-corrected chi connectivity index (χ2v) is 11.9. The maximum atomic E-state index is 13.7. The lowest BCUT2D eigenvalue weighted by atomic mass is 9.88. The van der Waals surface area contributed by atoms with Crippen molar-refractivity contribution < 1.29 is 28.9 Å². The van der Waals surface area contributed by atoms with E-state index in [1.54, 1.807) is 17.1 Å². The molecule has 0 aromatic heterocycles. The van der Waals surface area contributed by atoms with Crippen LogP contribution in [0.2, 0.25) is 0 Å². The predicted molar refractivity (Wildman–Crippen MR) is 170 cm³/mol. The molecule has 0 spiro atoms. The van der Waals surface area contributed by atoms with Gasteiger partial charge in [0.05, 0.1) is 57.2 Å². The van der Waals surface area contributed by atoms with Gasteiger partial charge in [-0.25, -0.2) is 0 Å². The smallest absolute Gasteiger partial charge is 0.243 e. The van der Waals surface area contributed by atoms with Crippen LogP contribution in [0.3, 0.4) is 0 Å². The minimum atomic E-state index is -0.628. The average molecular weight is 597 g/mol. The van der Waals surface area contributed by atoms with Crippen LogP contribution in [0, 0.1) is 5.92 Å². The lowest BCUT2D eigenvalue weighted by molar-refractivity contribution is -0.150. The monoisotopic (exact) mass is 596 g/mol. The summed E-state index contributed by atoms with van der Waals surface area (Å²) in [5, 5.41) is 13.9. The molecule has 2 saturated heterocycles. The van der Waals surface area contributed by atoms with Crippen molar-refractivity contribution in [3.63, 3.8) is 0 Å². The number of likely N-dealkylation sites (tertiary alicyclic amines) is 1. The highest BCUT2D eigenvalue weighted by Gasteiger charge is 2.37. The van der Waals surface area contributed by atoms with Crippen molar-refractivity contribution >= 4 is 11.8 Å². The van der Waals surface area contributed by atoms with Gasteiger partial charge in [0.1, 0.15) is 6.04 Å². The number of nitrogens with zero attached hydrogens (tertiary/aromatic N) is 1. The van der Waals surface area contributed by atoms with Crippen LogP contribution >= 0.6 is 0 Å². The molecule has 1 aromatic carbocycles. The quantitative estimate of drug-likeness (QED) is 0.199. The maximum absolute atomic E-state index is 13.7. The lowest BCUT2D eigenvalue weighted by Crippen LogP contribution is -2.55. The maximum Gasteiger partial charge on any atom is 0.243 e. The van der Waals surface area contributed by atoms with Gasteiger partial charge in [-0.05, 0) is 62.5 Å². The fraction of sp³-hybridized carbons (Fsp3) is 0.600. The Morgan fingerprint density at radius 3 is 2.58 bits per heavy atom. The Bertz CT molecular complexity index is 1040. The van der Waals surface area contributed by atoms with Gasteiger partial charge in [0, 0.05) is 13.0 Å². The van der Waals surface area contributed by atoms with Crippen molar-refractivity contribution in [1.82, 2.24) is 10.2 Å². The standard InChI is InChI=1S/C35H52N2O6/c1-5-19-41-21-17-26(3)32(38)23-30-16-15-27(4)33(43-30)24-34(39)37-18-11-10-14-31(37)35(40)36-29(25-42-20-6-2)22-28-12-8-7-9-13-28/h5-9,12-13,17,27,29-33,38H,1-2,10-11,14-16,18-25H2,3-4H3,(H,36,40)/b26-17+/t27-,29+,30+,31+,32+,33+/m1/s1. The van der Waals surface area contributed by atoms with E-state index in [1.165, 1.54) is 0 Å². The first-order chi connectivity index (χ1) is 20.8. The van der Waals surface area contributed by atoms with Crippen molar-refractivity contribution in [2.45, 2.75) is 95.6 Å². The molecule has 3 rings (SSSR count). The highest BCUT2D eigenvalue weighted by Crippen LogP contribution is 2.31. The van der Waals surface area contributed by atoms with E-state index in [0.717, 1.165) is 36.8 Å². The van der Waals surface area contributed by atoms with Gasteiger partial charge in [0.2, 0.25) is 11.8 Å². The van der Waals surface area contributed by atoms with Crippen LogP contribution in [0.4, 0.5) is 0 Å². The summed E-state index contributed by atoms with van der Waals surface area (Å²) in [6, 6.07) is 9.30. The Morgan fingerprint density at radius 1 is 1.09 bits per heavy atom. The average Bonchev–Trinajstić information content (AvgIpc) is 3.01. The van der Waals surface area contributed by atoms with E-state index in [1.807, 2.05) is 43.3 Å². The fourth-order valence-electron chi connectivity index (χ4n) is 5.85. The van der Waals surface area contributed by atoms with Crippen molar-refractivity contribution in [2.75, 3.05) is 33.0 Å². The zero-order valence-electron chi connectivity index (χ0n) is 26.1. The van der Waals surface area contributed by atoms with Gasteiger partial charge >= 0.3 is 0 Å². The van der Waals surface area contributed by atoms with Gasteiger partial charge in [-0.15, -0.1) is 13.2 Å². The summed E-state index contributed by atoms with van der Waals surface area (Å²) in [6.07, 6.45) is 9.82. The molecule has 6 atom stereocenters. The number of ether oxygens (including phenoxy) is 3. The highest BCUT2D eigenvalue weighted by atomic mass is 16.5. The molecule has 1 aromatic rings. The SMILES string of the molecule is C=CCOC/C=C(\C)[C@@H](O)C[C@@H]1CC[C@@H](C)[C@H](CC(=O)N2CCCC[C@H]2C(=O)N[C@H](COCC=C)Cc2ccccc2)O1. The van der Waals surface area contributed by atoms with Crippen LogP contribution in [-0.4, -0.2) is 85.2 Å². The second-order valence-electron chi connectivity index (χ2n) is 11.9. The minimum Gasteiger partial charge on any atom is -0.389 e. The molecule has 43 heavy (non-hydrogen) atoms. The number of benzene rings is 1. The Morgan fingerprint density at radius 2 is 1.84 bits per heavy atom. The molecular formula is C35H52N2O6. The molecule has 2 fully saturated rings. The zero-order chi connectivity index (χ0) is 31.0. The number of rotatable bonds is 17. The van der Waals surface area contributed by atoms with Gasteiger partial charge < -0.3 is 29.5 Å². The van der Waals surface area contributed by atoms with Crippen molar-refractivity contribution in [2.24, 2.45) is 5.92 Å². The largest absolute Gasteiger partial charge is 0.389 e. The topological polar surface area (TPSA) is 97.3 Å². The Kier molecular flexibility index (Phi) is 15.2. The van der Waals surface area contributed by atoms with Crippen LogP contribution in [-0.2, 0) is 30.2 Å². The molecule has 8 heteroatoms. The lowest BCUT2D eigenvalue weighted by Gasteiger charge is -2.39. The van der Waals surface area contributed by atoms with E-state index < -0.39 is 12.1 Å². The number of aliphatic hydroxyl groups is 1. The fourth-order valence-corrected chi connectivity index (χ4v) is 5.85. The third kappa shape index (κ3) is 11.7. The Balaban J connectivity index is 1.59. The van der Waals surface area contributed by atoms with Crippen LogP contribution in [0.1, 0.15) is 64.4 Å². The van der Waals surface area contributed by atoms with E-state index in [-0.39, 0.29) is 42.4 Å². The summed E-state index contributed by atoms with van der Waals surface area (Å²) < 4.78 is 17.5. The third-order valence-corrected chi connectivity index (χ3v) is 8.44. The molecule has 2 N–H and O–H groups in total. The molecule has 2 aliphatic heterocycles. The second kappa shape index (κ2) is 18.8. The number of hydrogen-bond donors (Lipinski definition) is 2. The highest BCUT2D eigenvalue weighted by molar-refractivity contribution is 5.88. The first kappa shape index (κ1) is 34.7. The normalized spacial score (nSPS) is 24.2. The van der Waals surface area contributed by atoms with Crippen LogP contribution in [0.5, 0.6) is 0 Å². The van der Waals surface area contributed by atoms with Crippen LogP contribution < -0.4 is 5.32 Å². The van der Waals surface area contributed by atoms with Crippen molar-refractivity contribution in [3.8, 4) is 0 Å². The van der Waals surface area contributed by atoms with Gasteiger partial charge in [-0.2, -0.15) is 0 Å².